The van der Waals surface area contributed by atoms with Gasteiger partial charge in [-0.2, -0.15) is 0 Å². The normalized spacial score (nSPS) is 17.0. The Labute approximate surface area is 183 Å². The molecule has 3 nitrogen and oxygen atoms in total. The minimum absolute atomic E-state index is 0.123. The highest BCUT2D eigenvalue weighted by Crippen LogP contribution is 2.41. The molecule has 164 valence electrons. The van der Waals surface area contributed by atoms with Crippen LogP contribution < -0.4 is 9.64 Å². The molecule has 1 aliphatic rings. The molecule has 1 aliphatic heterocycles. The highest BCUT2D eigenvalue weighted by molar-refractivity contribution is 5.51. The summed E-state index contributed by atoms with van der Waals surface area (Å²) >= 11 is 0. The Hall–Kier alpha value is -2.00. The highest BCUT2D eigenvalue weighted by Gasteiger charge is 2.33. The van der Waals surface area contributed by atoms with Crippen molar-refractivity contribution < 1.29 is 14.7 Å². The minimum Gasteiger partial charge on any atom is -0.507 e. The molecule has 0 unspecified atom stereocenters. The molecule has 2 aromatic carbocycles. The molecule has 2 aromatic rings. The highest BCUT2D eigenvalue weighted by atomic mass is 16.5. The Morgan fingerprint density at radius 2 is 1.30 bits per heavy atom. The van der Waals surface area contributed by atoms with Crippen LogP contribution in [0.2, 0.25) is 0 Å². The van der Waals surface area contributed by atoms with Gasteiger partial charge in [-0.15, -0.1) is 0 Å². The van der Waals surface area contributed by atoms with Crippen molar-refractivity contribution >= 4 is 0 Å². The van der Waals surface area contributed by atoms with Crippen molar-refractivity contribution in [2.45, 2.75) is 77.7 Å². The molecule has 2 N–H and O–H groups in total. The van der Waals surface area contributed by atoms with E-state index in [4.69, 9.17) is 4.74 Å². The van der Waals surface area contributed by atoms with Crippen molar-refractivity contribution in [1.82, 2.24) is 0 Å². The molecule has 0 saturated carbocycles. The lowest BCUT2D eigenvalue weighted by Crippen LogP contribution is -3.13. The maximum atomic E-state index is 11.2. The van der Waals surface area contributed by atoms with Crippen LogP contribution in [0.3, 0.4) is 0 Å². The summed E-state index contributed by atoms with van der Waals surface area (Å²) in [5.74, 6) is 1.35. The minimum atomic E-state index is -0.123. The third-order valence-corrected chi connectivity index (χ3v) is 6.43. The van der Waals surface area contributed by atoms with Gasteiger partial charge in [0.25, 0.3) is 0 Å². The zero-order valence-electron chi connectivity index (χ0n) is 19.9. The summed E-state index contributed by atoms with van der Waals surface area (Å²) in [7, 11) is 1.72. The van der Waals surface area contributed by atoms with Gasteiger partial charge in [0.15, 0.2) is 0 Å². The summed E-state index contributed by atoms with van der Waals surface area (Å²) in [5.41, 5.74) is 4.46. The molecule has 1 saturated heterocycles. The van der Waals surface area contributed by atoms with E-state index in [1.807, 2.05) is 0 Å². The summed E-state index contributed by atoms with van der Waals surface area (Å²) in [6, 6.07) is 13.4. The summed E-state index contributed by atoms with van der Waals surface area (Å²) < 4.78 is 5.40. The molecule has 0 bridgehead atoms. The quantitative estimate of drug-likeness (QED) is 0.730. The van der Waals surface area contributed by atoms with E-state index in [1.54, 1.807) is 12.0 Å². The average molecular weight is 411 g/mol. The molecule has 1 heterocycles. The Balaban J connectivity index is 2.21. The van der Waals surface area contributed by atoms with Gasteiger partial charge < -0.3 is 14.7 Å². The Kier molecular flexibility index (Phi) is 6.52. The van der Waals surface area contributed by atoms with Gasteiger partial charge in [-0.3, -0.25) is 0 Å². The van der Waals surface area contributed by atoms with E-state index in [0.717, 1.165) is 16.9 Å². The number of phenolic OH excluding ortho intramolecular Hbond substituents is 1. The fraction of sp³-hybridized carbons (Fsp3) is 0.556. The van der Waals surface area contributed by atoms with Gasteiger partial charge in [-0.25, -0.2) is 0 Å². The van der Waals surface area contributed by atoms with Crippen LogP contribution in [-0.4, -0.2) is 25.3 Å². The van der Waals surface area contributed by atoms with Crippen molar-refractivity contribution in [1.29, 1.82) is 0 Å². The fourth-order valence-electron chi connectivity index (χ4n) is 4.72. The largest absolute Gasteiger partial charge is 0.507 e. The van der Waals surface area contributed by atoms with Gasteiger partial charge in [0.1, 0.15) is 17.5 Å². The average Bonchev–Trinajstić information content (AvgIpc) is 2.69. The van der Waals surface area contributed by atoms with E-state index in [1.165, 1.54) is 43.5 Å². The van der Waals surface area contributed by atoms with E-state index < -0.39 is 0 Å². The maximum absolute atomic E-state index is 11.2. The molecule has 1 atom stereocenters. The van der Waals surface area contributed by atoms with Gasteiger partial charge in [0.2, 0.25) is 0 Å². The zero-order chi connectivity index (χ0) is 22.1. The van der Waals surface area contributed by atoms with Crippen LogP contribution in [0, 0.1) is 0 Å². The number of hydrogen-bond acceptors (Lipinski definition) is 2. The first-order chi connectivity index (χ1) is 14.0. The maximum Gasteiger partial charge on any atom is 0.139 e. The smallest absolute Gasteiger partial charge is 0.139 e. The van der Waals surface area contributed by atoms with Gasteiger partial charge in [-0.05, 0) is 66.5 Å². The predicted octanol–water partition coefficient (Wildman–Crippen LogP) is 5.15. The monoisotopic (exact) mass is 410 g/mol. The van der Waals surface area contributed by atoms with E-state index in [9.17, 15) is 5.11 Å². The number of likely N-dealkylation sites (tertiary alicyclic amines) is 1. The van der Waals surface area contributed by atoms with Crippen molar-refractivity contribution in [3.8, 4) is 11.5 Å². The number of aromatic hydroxyl groups is 1. The van der Waals surface area contributed by atoms with Crippen molar-refractivity contribution in [2.24, 2.45) is 0 Å². The van der Waals surface area contributed by atoms with Gasteiger partial charge in [0, 0.05) is 22.3 Å². The van der Waals surface area contributed by atoms with Crippen molar-refractivity contribution in [3.63, 3.8) is 0 Å². The van der Waals surface area contributed by atoms with E-state index >= 15 is 0 Å². The molecular weight excluding hydrogens is 370 g/mol. The third-order valence-electron chi connectivity index (χ3n) is 6.43. The number of nitrogens with one attached hydrogen (secondary N) is 1. The number of methoxy groups -OCH3 is 1. The first kappa shape index (κ1) is 22.7. The summed E-state index contributed by atoms with van der Waals surface area (Å²) in [4.78, 5) is 1.62. The molecule has 3 rings (SSSR count). The second-order valence-corrected chi connectivity index (χ2v) is 10.9. The number of quaternary nitrogens is 1. The standard InChI is InChI=1S/C27H39NO2/c1-26(2,3)22-17-20(18-23(25(22)29)27(4,5)6)24(28-15-9-8-10-16-28)19-11-13-21(30-7)14-12-19/h11-14,17-18,24,29H,8-10,15-16H2,1-7H3/p+1/t24-/m1/s1. The lowest BCUT2D eigenvalue weighted by molar-refractivity contribution is -0.930. The third kappa shape index (κ3) is 4.83. The Morgan fingerprint density at radius 1 is 0.800 bits per heavy atom. The Bertz CT molecular complexity index is 815. The van der Waals surface area contributed by atoms with Crippen molar-refractivity contribution in [3.05, 3.63) is 58.7 Å². The number of piperidine rings is 1. The number of rotatable bonds is 4. The number of hydrogen-bond donors (Lipinski definition) is 2. The van der Waals surface area contributed by atoms with Crippen LogP contribution in [0.15, 0.2) is 36.4 Å². The van der Waals surface area contributed by atoms with E-state index in [-0.39, 0.29) is 16.9 Å². The number of benzene rings is 2. The topological polar surface area (TPSA) is 33.9 Å². The molecule has 3 heteroatoms. The number of ether oxygens (including phenoxy) is 1. The molecule has 0 amide bonds. The summed E-state index contributed by atoms with van der Waals surface area (Å²) in [5, 5.41) is 11.2. The molecule has 0 aliphatic carbocycles. The molecule has 0 radical (unpaired) electrons. The van der Waals surface area contributed by atoms with E-state index in [0.29, 0.717) is 5.75 Å². The first-order valence-corrected chi connectivity index (χ1v) is 11.4. The van der Waals surface area contributed by atoms with Gasteiger partial charge >= 0.3 is 0 Å². The molecule has 1 fully saturated rings. The lowest BCUT2D eigenvalue weighted by atomic mass is 9.77. The van der Waals surface area contributed by atoms with E-state index in [2.05, 4.69) is 77.9 Å². The lowest BCUT2D eigenvalue weighted by Gasteiger charge is -2.35. The van der Waals surface area contributed by atoms with Crippen LogP contribution in [0.4, 0.5) is 0 Å². The van der Waals surface area contributed by atoms with Gasteiger partial charge in [-0.1, -0.05) is 41.5 Å². The fourth-order valence-corrected chi connectivity index (χ4v) is 4.72. The van der Waals surface area contributed by atoms with Crippen LogP contribution in [0.1, 0.15) is 89.1 Å². The second-order valence-electron chi connectivity index (χ2n) is 10.9. The summed E-state index contributed by atoms with van der Waals surface area (Å²) in [6.45, 7) is 15.5. The summed E-state index contributed by atoms with van der Waals surface area (Å²) in [6.07, 6.45) is 3.88. The molecular formula is C27H40NO2+. The zero-order valence-corrected chi connectivity index (χ0v) is 19.9. The molecule has 0 spiro atoms. The van der Waals surface area contributed by atoms with Crippen LogP contribution in [-0.2, 0) is 10.8 Å². The molecule has 30 heavy (non-hydrogen) atoms. The van der Waals surface area contributed by atoms with Crippen LogP contribution in [0.25, 0.3) is 0 Å². The van der Waals surface area contributed by atoms with Gasteiger partial charge in [0.05, 0.1) is 20.2 Å². The molecule has 0 aromatic heterocycles. The second kappa shape index (κ2) is 8.63. The first-order valence-electron chi connectivity index (χ1n) is 11.4. The number of phenols is 1. The van der Waals surface area contributed by atoms with Crippen LogP contribution >= 0.6 is 0 Å². The SMILES string of the molecule is COc1ccc([C@H](c2cc(C(C)(C)C)c(O)c(C(C)(C)C)c2)[NH+]2CCCCC2)cc1. The Morgan fingerprint density at radius 3 is 1.73 bits per heavy atom. The van der Waals surface area contributed by atoms with Crippen molar-refractivity contribution in [2.75, 3.05) is 20.2 Å². The predicted molar refractivity (Wildman–Crippen MR) is 125 cm³/mol. The van der Waals surface area contributed by atoms with Crippen LogP contribution in [0.5, 0.6) is 11.5 Å².